The van der Waals surface area contributed by atoms with Gasteiger partial charge < -0.3 is 14.8 Å². The lowest BCUT2D eigenvalue weighted by Crippen LogP contribution is -2.45. The zero-order chi connectivity index (χ0) is 21.2. The van der Waals surface area contributed by atoms with Crippen molar-refractivity contribution in [3.8, 4) is 5.75 Å². The topological polar surface area (TPSA) is 64.6 Å². The molecule has 2 atom stereocenters. The Morgan fingerprint density at radius 1 is 1.17 bits per heavy atom. The van der Waals surface area contributed by atoms with Crippen LogP contribution in [0.25, 0.3) is 0 Å². The minimum absolute atomic E-state index is 0.341. The summed E-state index contributed by atoms with van der Waals surface area (Å²) < 4.78 is 24.7. The molecular weight excluding hydrogens is 373 g/mol. The third kappa shape index (κ3) is 5.34. The lowest BCUT2D eigenvalue weighted by Gasteiger charge is -2.28. The molecule has 5 nitrogen and oxygen atoms in total. The minimum atomic E-state index is -1.08. The summed E-state index contributed by atoms with van der Waals surface area (Å²) >= 11 is 0. The minimum Gasteiger partial charge on any atom is -0.478 e. The first-order valence-electron chi connectivity index (χ1n) is 9.66. The molecule has 1 N–H and O–H groups in total. The predicted octanol–water partition coefficient (Wildman–Crippen LogP) is 4.03. The number of rotatable bonds is 4. The van der Waals surface area contributed by atoms with E-state index in [0.717, 1.165) is 11.1 Å². The summed E-state index contributed by atoms with van der Waals surface area (Å²) in [6, 6.07) is 11.5. The van der Waals surface area contributed by atoms with E-state index in [0.29, 0.717) is 24.2 Å². The van der Waals surface area contributed by atoms with Gasteiger partial charge in [0.25, 0.3) is 5.91 Å². The van der Waals surface area contributed by atoms with Crippen molar-refractivity contribution in [1.29, 1.82) is 0 Å². The van der Waals surface area contributed by atoms with Gasteiger partial charge in [0.05, 0.1) is 0 Å². The fourth-order valence-electron chi connectivity index (χ4n) is 3.16. The van der Waals surface area contributed by atoms with E-state index in [4.69, 9.17) is 9.47 Å². The molecule has 0 saturated carbocycles. The van der Waals surface area contributed by atoms with Crippen molar-refractivity contribution >= 4 is 11.9 Å². The number of hydrogen-bond donors (Lipinski definition) is 1. The van der Waals surface area contributed by atoms with Crippen LogP contribution < -0.4 is 10.1 Å². The van der Waals surface area contributed by atoms with Crippen LogP contribution in [0, 0.1) is 12.7 Å². The molecule has 0 radical (unpaired) electrons. The highest BCUT2D eigenvalue weighted by Gasteiger charge is 2.33. The summed E-state index contributed by atoms with van der Waals surface area (Å²) in [5.74, 6) is -0.889. The highest BCUT2D eigenvalue weighted by Crippen LogP contribution is 2.30. The summed E-state index contributed by atoms with van der Waals surface area (Å²) in [6.45, 7) is 7.52. The van der Waals surface area contributed by atoms with E-state index in [9.17, 15) is 14.0 Å². The van der Waals surface area contributed by atoms with Crippen LogP contribution in [0.3, 0.4) is 0 Å². The van der Waals surface area contributed by atoms with Crippen molar-refractivity contribution in [2.24, 2.45) is 0 Å². The number of carbonyl (C=O) groups excluding carboxylic acids is 2. The third-order valence-electron chi connectivity index (χ3n) is 4.58. The molecule has 2 aromatic rings. The first-order chi connectivity index (χ1) is 13.6. The van der Waals surface area contributed by atoms with E-state index in [1.54, 1.807) is 12.1 Å². The average molecular weight is 399 g/mol. The Hall–Kier alpha value is -2.89. The molecule has 0 saturated heterocycles. The second-order valence-corrected chi connectivity index (χ2v) is 8.36. The van der Waals surface area contributed by atoms with Gasteiger partial charge in [-0.2, -0.15) is 0 Å². The summed E-state index contributed by atoms with van der Waals surface area (Å²) in [5, 5.41) is 2.86. The number of amides is 1. The van der Waals surface area contributed by atoms with E-state index in [-0.39, 0.29) is 5.82 Å². The smallest absolute Gasteiger partial charge is 0.348 e. The van der Waals surface area contributed by atoms with Gasteiger partial charge in [0.15, 0.2) is 6.10 Å². The first kappa shape index (κ1) is 20.8. The Bertz CT molecular complexity index is 902. The van der Waals surface area contributed by atoms with Gasteiger partial charge in [-0.25, -0.2) is 9.18 Å². The molecule has 6 heteroatoms. The van der Waals surface area contributed by atoms with Crippen molar-refractivity contribution < 1.29 is 23.5 Å². The first-order valence-corrected chi connectivity index (χ1v) is 9.66. The van der Waals surface area contributed by atoms with Crippen LogP contribution in [0.15, 0.2) is 42.5 Å². The number of halogens is 1. The number of hydrogen-bond acceptors (Lipinski definition) is 4. The third-order valence-corrected chi connectivity index (χ3v) is 4.58. The van der Waals surface area contributed by atoms with Crippen molar-refractivity contribution in [3.63, 3.8) is 0 Å². The fraction of sp³-hybridized carbons (Fsp3) is 0.391. The summed E-state index contributed by atoms with van der Waals surface area (Å²) in [4.78, 5) is 25.6. The largest absolute Gasteiger partial charge is 0.478 e. The molecule has 154 valence electrons. The number of esters is 1. The van der Waals surface area contributed by atoms with E-state index in [2.05, 4.69) is 5.32 Å². The van der Waals surface area contributed by atoms with E-state index in [1.165, 1.54) is 18.2 Å². The highest BCUT2D eigenvalue weighted by molar-refractivity contribution is 5.86. The predicted molar refractivity (Wildman–Crippen MR) is 107 cm³/mol. The molecular formula is C23H26FNO4. The quantitative estimate of drug-likeness (QED) is 0.789. The van der Waals surface area contributed by atoms with Crippen LogP contribution in [0.2, 0.25) is 0 Å². The Morgan fingerprint density at radius 3 is 2.52 bits per heavy atom. The fourth-order valence-corrected chi connectivity index (χ4v) is 3.16. The van der Waals surface area contributed by atoms with Crippen LogP contribution in [0.1, 0.15) is 50.0 Å². The summed E-state index contributed by atoms with van der Waals surface area (Å²) in [7, 11) is 0. The number of ether oxygens (including phenoxy) is 2. The van der Waals surface area contributed by atoms with Gasteiger partial charge in [-0.1, -0.05) is 29.8 Å². The monoisotopic (exact) mass is 399 g/mol. The summed E-state index contributed by atoms with van der Waals surface area (Å²) in [5.41, 5.74) is 1.87. The van der Waals surface area contributed by atoms with Crippen LogP contribution in [0.4, 0.5) is 4.39 Å². The molecule has 0 spiro atoms. The molecule has 1 heterocycles. The molecule has 1 aliphatic rings. The maximum atomic E-state index is 13.4. The standard InChI is InChI=1S/C23H26FNO4/c1-14-5-7-15(8-6-14)20(21(26)25-23(2,3)4)29-22(27)19-11-9-16-13-17(24)10-12-18(16)28-19/h5-8,10,12-13,19-20H,9,11H2,1-4H3,(H,25,26). The molecule has 2 aromatic carbocycles. The maximum absolute atomic E-state index is 13.4. The van der Waals surface area contributed by atoms with Gasteiger partial charge in [0.2, 0.25) is 6.10 Å². The highest BCUT2D eigenvalue weighted by atomic mass is 19.1. The molecule has 1 aliphatic heterocycles. The van der Waals surface area contributed by atoms with E-state index < -0.39 is 29.6 Å². The van der Waals surface area contributed by atoms with Crippen molar-refractivity contribution in [1.82, 2.24) is 5.32 Å². The van der Waals surface area contributed by atoms with Crippen LogP contribution in [-0.4, -0.2) is 23.5 Å². The second kappa shape index (κ2) is 8.23. The Balaban J connectivity index is 1.78. The van der Waals surface area contributed by atoms with E-state index >= 15 is 0 Å². The molecule has 29 heavy (non-hydrogen) atoms. The van der Waals surface area contributed by atoms with Gasteiger partial charge >= 0.3 is 5.97 Å². The molecule has 1 amide bonds. The van der Waals surface area contributed by atoms with Gasteiger partial charge in [0, 0.05) is 11.1 Å². The van der Waals surface area contributed by atoms with Crippen molar-refractivity contribution in [3.05, 3.63) is 65.0 Å². The summed E-state index contributed by atoms with van der Waals surface area (Å²) in [6.07, 6.45) is -1.07. The Morgan fingerprint density at radius 2 is 1.86 bits per heavy atom. The zero-order valence-electron chi connectivity index (χ0n) is 17.1. The van der Waals surface area contributed by atoms with Crippen LogP contribution >= 0.6 is 0 Å². The van der Waals surface area contributed by atoms with Crippen molar-refractivity contribution in [2.75, 3.05) is 0 Å². The molecule has 0 bridgehead atoms. The molecule has 0 fully saturated rings. The number of benzene rings is 2. The molecule has 3 rings (SSSR count). The van der Waals surface area contributed by atoms with Gasteiger partial charge in [-0.05, 0) is 64.3 Å². The molecule has 0 aliphatic carbocycles. The van der Waals surface area contributed by atoms with Gasteiger partial charge in [-0.15, -0.1) is 0 Å². The Labute approximate surface area is 170 Å². The number of aryl methyl sites for hydroxylation is 2. The SMILES string of the molecule is Cc1ccc(C(OC(=O)C2CCc3cc(F)ccc3O2)C(=O)NC(C)(C)C)cc1. The second-order valence-electron chi connectivity index (χ2n) is 8.36. The van der Waals surface area contributed by atoms with Crippen molar-refractivity contribution in [2.45, 2.75) is 58.3 Å². The number of carbonyl (C=O) groups is 2. The lowest BCUT2D eigenvalue weighted by atomic mass is 10.0. The number of nitrogens with one attached hydrogen (secondary N) is 1. The Kier molecular flexibility index (Phi) is 5.91. The molecule has 0 aromatic heterocycles. The van der Waals surface area contributed by atoms with Gasteiger partial charge in [-0.3, -0.25) is 4.79 Å². The van der Waals surface area contributed by atoms with Crippen LogP contribution in [-0.2, 0) is 20.7 Å². The van der Waals surface area contributed by atoms with E-state index in [1.807, 2.05) is 39.8 Å². The van der Waals surface area contributed by atoms with Gasteiger partial charge in [0.1, 0.15) is 11.6 Å². The normalized spacial score (nSPS) is 16.9. The van der Waals surface area contributed by atoms with Crippen LogP contribution in [0.5, 0.6) is 5.75 Å². The number of fused-ring (bicyclic) bond motifs is 1. The molecule has 2 unspecified atom stereocenters. The maximum Gasteiger partial charge on any atom is 0.348 e. The zero-order valence-corrected chi connectivity index (χ0v) is 17.1. The lowest BCUT2D eigenvalue weighted by molar-refractivity contribution is -0.164. The average Bonchev–Trinajstić information content (AvgIpc) is 2.65.